The number of para-hydroxylation sites is 1. The molecule has 0 saturated heterocycles. The SMILES string of the molecule is CC(C)Oc1ccccc1/C=C(\C#N)C(=O)Nc1cc(C(F)(F)F)ccc1Cl. The van der Waals surface area contributed by atoms with E-state index in [0.29, 0.717) is 17.4 Å². The number of benzene rings is 2. The molecule has 0 aromatic heterocycles. The standard InChI is InChI=1S/C20H16ClF3N2O2/c1-12(2)28-18-6-4-3-5-13(18)9-14(11-25)19(27)26-17-10-15(20(22,23)24)7-8-16(17)21/h3-10,12H,1-2H3,(H,26,27)/b14-9+. The zero-order valence-electron chi connectivity index (χ0n) is 15.0. The van der Waals surface area contributed by atoms with Gasteiger partial charge in [-0.3, -0.25) is 4.79 Å². The fourth-order valence-electron chi connectivity index (χ4n) is 2.25. The van der Waals surface area contributed by atoms with E-state index in [1.54, 1.807) is 30.3 Å². The average molecular weight is 409 g/mol. The number of nitrogens with zero attached hydrogens (tertiary/aromatic N) is 1. The molecule has 0 radical (unpaired) electrons. The molecule has 1 amide bonds. The summed E-state index contributed by atoms with van der Waals surface area (Å²) in [6, 6.07) is 11.1. The number of hydrogen-bond donors (Lipinski definition) is 1. The van der Waals surface area contributed by atoms with E-state index in [0.717, 1.165) is 12.1 Å². The highest BCUT2D eigenvalue weighted by Gasteiger charge is 2.31. The van der Waals surface area contributed by atoms with Gasteiger partial charge in [-0.05, 0) is 44.2 Å². The predicted molar refractivity (Wildman–Crippen MR) is 101 cm³/mol. The Hall–Kier alpha value is -2.98. The highest BCUT2D eigenvalue weighted by molar-refractivity contribution is 6.34. The first kappa shape index (κ1) is 21.3. The molecule has 8 heteroatoms. The minimum atomic E-state index is -4.59. The third-order valence-electron chi connectivity index (χ3n) is 3.49. The quantitative estimate of drug-likeness (QED) is 0.510. The van der Waals surface area contributed by atoms with Crippen LogP contribution >= 0.6 is 11.6 Å². The van der Waals surface area contributed by atoms with Crippen molar-refractivity contribution in [1.82, 2.24) is 0 Å². The molecule has 2 rings (SSSR count). The third-order valence-corrected chi connectivity index (χ3v) is 3.82. The van der Waals surface area contributed by atoms with Gasteiger partial charge in [-0.15, -0.1) is 0 Å². The molecule has 2 aromatic carbocycles. The lowest BCUT2D eigenvalue weighted by molar-refractivity contribution is -0.137. The van der Waals surface area contributed by atoms with Gasteiger partial charge >= 0.3 is 6.18 Å². The molecular weight excluding hydrogens is 393 g/mol. The van der Waals surface area contributed by atoms with Crippen LogP contribution in [0, 0.1) is 11.3 Å². The molecule has 28 heavy (non-hydrogen) atoms. The summed E-state index contributed by atoms with van der Waals surface area (Å²) in [4.78, 5) is 12.4. The minimum Gasteiger partial charge on any atom is -0.490 e. The van der Waals surface area contributed by atoms with Gasteiger partial charge in [0.25, 0.3) is 5.91 Å². The highest BCUT2D eigenvalue weighted by Crippen LogP contribution is 2.34. The first-order valence-corrected chi connectivity index (χ1v) is 8.55. The lowest BCUT2D eigenvalue weighted by Gasteiger charge is -2.13. The number of carbonyl (C=O) groups is 1. The number of amides is 1. The van der Waals surface area contributed by atoms with E-state index in [2.05, 4.69) is 5.32 Å². The second-order valence-corrected chi connectivity index (χ2v) is 6.43. The number of ether oxygens (including phenoxy) is 1. The molecule has 4 nitrogen and oxygen atoms in total. The van der Waals surface area contributed by atoms with E-state index in [-0.39, 0.29) is 22.4 Å². The summed E-state index contributed by atoms with van der Waals surface area (Å²) in [5.74, 6) is -0.418. The summed E-state index contributed by atoms with van der Waals surface area (Å²) in [5.41, 5.74) is -1.04. The van der Waals surface area contributed by atoms with Gasteiger partial charge in [0.1, 0.15) is 17.4 Å². The van der Waals surface area contributed by atoms with Crippen LogP contribution in [0.5, 0.6) is 5.75 Å². The van der Waals surface area contributed by atoms with Crippen molar-refractivity contribution in [2.75, 3.05) is 5.32 Å². The Bertz CT molecular complexity index is 947. The van der Waals surface area contributed by atoms with Crippen molar-refractivity contribution in [2.45, 2.75) is 26.1 Å². The van der Waals surface area contributed by atoms with Crippen molar-refractivity contribution in [3.05, 3.63) is 64.2 Å². The summed E-state index contributed by atoms with van der Waals surface area (Å²) >= 11 is 5.88. The highest BCUT2D eigenvalue weighted by atomic mass is 35.5. The van der Waals surface area contributed by atoms with Crippen LogP contribution in [-0.2, 0) is 11.0 Å². The molecule has 0 aliphatic heterocycles. The number of carbonyl (C=O) groups excluding carboxylic acids is 1. The van der Waals surface area contributed by atoms with Crippen LogP contribution in [0.25, 0.3) is 6.08 Å². The van der Waals surface area contributed by atoms with Crippen molar-refractivity contribution < 1.29 is 22.7 Å². The van der Waals surface area contributed by atoms with Crippen LogP contribution in [-0.4, -0.2) is 12.0 Å². The first-order valence-electron chi connectivity index (χ1n) is 8.17. The lowest BCUT2D eigenvalue weighted by atomic mass is 10.1. The summed E-state index contributed by atoms with van der Waals surface area (Å²) < 4.78 is 44.2. The van der Waals surface area contributed by atoms with Gasteiger partial charge in [0.15, 0.2) is 0 Å². The molecule has 0 saturated carbocycles. The molecular formula is C20H16ClF3N2O2. The van der Waals surface area contributed by atoms with Crippen molar-refractivity contribution in [3.8, 4) is 11.8 Å². The van der Waals surface area contributed by atoms with E-state index < -0.39 is 17.6 Å². The first-order chi connectivity index (χ1) is 13.1. The molecule has 2 aromatic rings. The molecule has 0 aliphatic carbocycles. The molecule has 0 spiro atoms. The van der Waals surface area contributed by atoms with E-state index in [1.807, 2.05) is 13.8 Å². The molecule has 0 bridgehead atoms. The Kier molecular flexibility index (Phi) is 6.71. The maximum atomic E-state index is 12.9. The third kappa shape index (κ3) is 5.51. The summed E-state index contributed by atoms with van der Waals surface area (Å²) in [7, 11) is 0. The Morgan fingerprint density at radius 1 is 1.25 bits per heavy atom. The normalized spacial score (nSPS) is 11.9. The van der Waals surface area contributed by atoms with Gasteiger partial charge in [0.2, 0.25) is 0 Å². The topological polar surface area (TPSA) is 62.1 Å². The minimum absolute atomic E-state index is 0.0813. The second-order valence-electron chi connectivity index (χ2n) is 6.02. The molecule has 0 unspecified atom stereocenters. The fourth-order valence-corrected chi connectivity index (χ4v) is 2.42. The summed E-state index contributed by atoms with van der Waals surface area (Å²) in [5, 5.41) is 11.5. The van der Waals surface area contributed by atoms with Crippen molar-refractivity contribution in [1.29, 1.82) is 5.26 Å². The van der Waals surface area contributed by atoms with E-state index in [1.165, 1.54) is 6.08 Å². The van der Waals surface area contributed by atoms with Crippen LogP contribution in [0.1, 0.15) is 25.0 Å². The van der Waals surface area contributed by atoms with Crippen molar-refractivity contribution in [2.24, 2.45) is 0 Å². The second kappa shape index (κ2) is 8.81. The van der Waals surface area contributed by atoms with Gasteiger partial charge in [-0.2, -0.15) is 18.4 Å². The Morgan fingerprint density at radius 2 is 1.93 bits per heavy atom. The maximum Gasteiger partial charge on any atom is 0.416 e. The lowest BCUT2D eigenvalue weighted by Crippen LogP contribution is -2.15. The molecule has 0 fully saturated rings. The van der Waals surface area contributed by atoms with Crippen molar-refractivity contribution in [3.63, 3.8) is 0 Å². The Morgan fingerprint density at radius 3 is 2.54 bits per heavy atom. The molecule has 0 heterocycles. The smallest absolute Gasteiger partial charge is 0.416 e. The fraction of sp³-hybridized carbons (Fsp3) is 0.200. The number of alkyl halides is 3. The zero-order valence-corrected chi connectivity index (χ0v) is 15.7. The summed E-state index contributed by atoms with van der Waals surface area (Å²) in [6.07, 6.45) is -3.42. The van der Waals surface area contributed by atoms with Crippen LogP contribution in [0.15, 0.2) is 48.0 Å². The monoisotopic (exact) mass is 408 g/mol. The maximum absolute atomic E-state index is 12.9. The van der Waals surface area contributed by atoms with Crippen LogP contribution in [0.3, 0.4) is 0 Å². The van der Waals surface area contributed by atoms with Crippen molar-refractivity contribution >= 4 is 29.3 Å². The van der Waals surface area contributed by atoms with Gasteiger partial charge in [-0.25, -0.2) is 0 Å². The summed E-state index contributed by atoms with van der Waals surface area (Å²) in [6.45, 7) is 3.65. The van der Waals surface area contributed by atoms with Gasteiger partial charge < -0.3 is 10.1 Å². The molecule has 0 atom stereocenters. The van der Waals surface area contributed by atoms with Crippen LogP contribution < -0.4 is 10.1 Å². The number of rotatable bonds is 5. The van der Waals surface area contributed by atoms with E-state index in [4.69, 9.17) is 16.3 Å². The molecule has 1 N–H and O–H groups in total. The Labute approximate surface area is 165 Å². The molecule has 146 valence electrons. The predicted octanol–water partition coefficient (Wildman–Crippen LogP) is 5.69. The van der Waals surface area contributed by atoms with Gasteiger partial charge in [0, 0.05) is 5.56 Å². The molecule has 0 aliphatic rings. The van der Waals surface area contributed by atoms with Gasteiger partial charge in [0.05, 0.1) is 22.4 Å². The number of halogens is 4. The van der Waals surface area contributed by atoms with Crippen LogP contribution in [0.4, 0.5) is 18.9 Å². The average Bonchev–Trinajstić information content (AvgIpc) is 2.61. The number of nitriles is 1. The number of nitrogens with one attached hydrogen (secondary N) is 1. The van der Waals surface area contributed by atoms with E-state index in [9.17, 15) is 23.2 Å². The zero-order chi connectivity index (χ0) is 20.9. The van der Waals surface area contributed by atoms with Gasteiger partial charge in [-0.1, -0.05) is 29.8 Å². The van der Waals surface area contributed by atoms with Crippen LogP contribution in [0.2, 0.25) is 5.02 Å². The van der Waals surface area contributed by atoms with E-state index >= 15 is 0 Å². The number of anilines is 1. The number of hydrogen-bond acceptors (Lipinski definition) is 3. The largest absolute Gasteiger partial charge is 0.490 e. The Balaban J connectivity index is 2.33.